The first kappa shape index (κ1) is 11.3. The van der Waals surface area contributed by atoms with Gasteiger partial charge in [0, 0.05) is 36.2 Å². The Balaban J connectivity index is 2.18. The molecule has 0 bridgehead atoms. The molecular formula is C14H10N4O. The third kappa shape index (κ3) is 2.41. The van der Waals surface area contributed by atoms with Crippen molar-refractivity contribution in [3.8, 4) is 0 Å². The van der Waals surface area contributed by atoms with Crippen LogP contribution in [-0.2, 0) is 4.74 Å². The lowest BCUT2D eigenvalue weighted by atomic mass is 10.2. The molecule has 0 fully saturated rings. The Morgan fingerprint density at radius 2 is 2.32 bits per heavy atom. The van der Waals surface area contributed by atoms with Gasteiger partial charge in [0.05, 0.1) is 5.35 Å². The molecule has 5 nitrogen and oxygen atoms in total. The molecule has 0 saturated carbocycles. The fraction of sp³-hybridized carbons (Fsp3) is 0.0714. The molecule has 0 atom stereocenters. The van der Waals surface area contributed by atoms with Gasteiger partial charge in [0.2, 0.25) is 5.88 Å². The standard InChI is InChI=1S/C14H10N4O/c1-10-7-13-11(8-15-9-18-13)3-4-12-14(19-10)17-6-2-5-16-12/h2-3,5,7-9H,1,4H2/b11-3-,13-7+. The fourth-order valence-electron chi connectivity index (χ4n) is 1.74. The van der Waals surface area contributed by atoms with Crippen LogP contribution in [0.5, 0.6) is 0 Å². The third-order valence-electron chi connectivity index (χ3n) is 2.61. The van der Waals surface area contributed by atoms with Gasteiger partial charge in [-0.2, -0.15) is 4.99 Å². The van der Waals surface area contributed by atoms with Crippen molar-refractivity contribution in [2.24, 2.45) is 9.98 Å². The van der Waals surface area contributed by atoms with Crippen molar-refractivity contribution >= 4 is 24.2 Å². The molecule has 2 aliphatic rings. The topological polar surface area (TPSA) is 59.7 Å². The van der Waals surface area contributed by atoms with Gasteiger partial charge in [-0.1, -0.05) is 12.7 Å². The summed E-state index contributed by atoms with van der Waals surface area (Å²) in [6.07, 6.45) is 10.8. The largest absolute Gasteiger partial charge is 0.437 e. The maximum Gasteiger partial charge on any atom is 0.249 e. The monoisotopic (exact) mass is 250 g/mol. The maximum absolute atomic E-state index is 5.60. The molecule has 0 amide bonds. The highest BCUT2D eigenvalue weighted by molar-refractivity contribution is 5.84. The number of aliphatic imine (C=N–C) groups is 2. The fourth-order valence-corrected chi connectivity index (χ4v) is 1.74. The second-order valence-corrected chi connectivity index (χ2v) is 3.92. The maximum atomic E-state index is 5.60. The van der Waals surface area contributed by atoms with Crippen LogP contribution in [0.3, 0.4) is 0 Å². The van der Waals surface area contributed by atoms with E-state index in [1.807, 2.05) is 6.08 Å². The Bertz CT molecular complexity index is 780. The van der Waals surface area contributed by atoms with Crippen LogP contribution in [0.25, 0.3) is 12.2 Å². The van der Waals surface area contributed by atoms with Crippen molar-refractivity contribution in [3.63, 3.8) is 0 Å². The van der Waals surface area contributed by atoms with Crippen LogP contribution in [-0.4, -0.2) is 22.1 Å². The van der Waals surface area contributed by atoms with E-state index in [1.54, 1.807) is 24.6 Å². The summed E-state index contributed by atoms with van der Waals surface area (Å²) in [6.45, 7) is 3.84. The molecule has 0 N–H and O–H groups in total. The summed E-state index contributed by atoms with van der Waals surface area (Å²) in [5.41, 5.74) is 0.715. The van der Waals surface area contributed by atoms with Gasteiger partial charge in [-0.25, -0.2) is 9.97 Å². The highest BCUT2D eigenvalue weighted by Gasteiger charge is 2.09. The van der Waals surface area contributed by atoms with Gasteiger partial charge < -0.3 is 4.74 Å². The normalized spacial score (nSPS) is 20.5. The Morgan fingerprint density at radius 3 is 3.26 bits per heavy atom. The second-order valence-electron chi connectivity index (χ2n) is 3.92. The van der Waals surface area contributed by atoms with Crippen molar-refractivity contribution < 1.29 is 4.74 Å². The van der Waals surface area contributed by atoms with Crippen LogP contribution in [0.2, 0.25) is 0 Å². The number of rotatable bonds is 0. The summed E-state index contributed by atoms with van der Waals surface area (Å²) in [5.74, 6) is 3.58. The molecular weight excluding hydrogens is 240 g/mol. The Morgan fingerprint density at radius 1 is 1.37 bits per heavy atom. The van der Waals surface area contributed by atoms with Gasteiger partial charge in [-0.05, 0) is 5.87 Å². The zero-order valence-corrected chi connectivity index (χ0v) is 10.1. The summed E-state index contributed by atoms with van der Waals surface area (Å²) in [4.78, 5) is 16.6. The Labute approximate surface area is 109 Å². The predicted octanol–water partition coefficient (Wildman–Crippen LogP) is 0.451. The lowest BCUT2D eigenvalue weighted by molar-refractivity contribution is 0.319. The minimum atomic E-state index is 0.406. The van der Waals surface area contributed by atoms with E-state index >= 15 is 0 Å². The highest BCUT2D eigenvalue weighted by atomic mass is 16.5. The van der Waals surface area contributed by atoms with E-state index < -0.39 is 0 Å². The number of fused-ring (bicyclic) bond motifs is 1. The van der Waals surface area contributed by atoms with Crippen LogP contribution in [0.4, 0.5) is 0 Å². The minimum absolute atomic E-state index is 0.406. The van der Waals surface area contributed by atoms with Crippen molar-refractivity contribution in [2.75, 3.05) is 0 Å². The van der Waals surface area contributed by atoms with Crippen LogP contribution in [0, 0.1) is 0 Å². The van der Waals surface area contributed by atoms with Crippen molar-refractivity contribution in [2.45, 2.75) is 6.42 Å². The quantitative estimate of drug-likeness (QED) is 0.671. The average Bonchev–Trinajstić information content (AvgIpc) is 2.59. The van der Waals surface area contributed by atoms with Crippen molar-refractivity contribution in [1.29, 1.82) is 0 Å². The summed E-state index contributed by atoms with van der Waals surface area (Å²) in [6, 6.07) is 0. The zero-order valence-electron chi connectivity index (χ0n) is 10.1. The number of allylic oxidation sites excluding steroid dienone is 3. The summed E-state index contributed by atoms with van der Waals surface area (Å²) < 4.78 is 5.60. The molecule has 3 rings (SSSR count). The smallest absolute Gasteiger partial charge is 0.249 e. The first-order valence-electron chi connectivity index (χ1n) is 5.73. The van der Waals surface area contributed by atoms with Crippen molar-refractivity contribution in [3.05, 3.63) is 53.1 Å². The average molecular weight is 250 g/mol. The summed E-state index contributed by atoms with van der Waals surface area (Å²) in [5, 5.41) is 1.68. The van der Waals surface area contributed by atoms with Gasteiger partial charge in [-0.15, -0.1) is 0 Å². The van der Waals surface area contributed by atoms with Crippen LogP contribution in [0.15, 0.2) is 52.5 Å². The van der Waals surface area contributed by atoms with Crippen LogP contribution in [0.1, 0.15) is 6.42 Å². The minimum Gasteiger partial charge on any atom is -0.437 e. The molecule has 0 saturated heterocycles. The van der Waals surface area contributed by atoms with E-state index in [4.69, 9.17) is 4.74 Å². The van der Waals surface area contributed by atoms with E-state index in [1.165, 1.54) is 6.33 Å². The van der Waals surface area contributed by atoms with Gasteiger partial charge in [0.1, 0.15) is 17.8 Å². The van der Waals surface area contributed by atoms with Crippen LogP contribution < -0.4 is 10.6 Å². The third-order valence-corrected chi connectivity index (χ3v) is 2.61. The second kappa shape index (κ2) is 4.84. The molecule has 0 radical (unpaired) electrons. The lowest BCUT2D eigenvalue weighted by Gasteiger charge is -2.05. The number of nitrogens with zero attached hydrogens (tertiary/aromatic N) is 4. The van der Waals surface area contributed by atoms with E-state index in [2.05, 4.69) is 32.4 Å². The summed E-state index contributed by atoms with van der Waals surface area (Å²) in [7, 11) is 0. The number of hydrogen-bond donors (Lipinski definition) is 0. The lowest BCUT2D eigenvalue weighted by Crippen LogP contribution is -2.28. The molecule has 0 aliphatic carbocycles. The number of hydrogen-bond acceptors (Lipinski definition) is 5. The first-order valence-corrected chi connectivity index (χ1v) is 5.73. The molecule has 0 aromatic carbocycles. The zero-order chi connectivity index (χ0) is 13.1. The number of ether oxygens (including phenoxy) is 1. The van der Waals surface area contributed by atoms with Crippen LogP contribution >= 0.6 is 0 Å². The SMILES string of the molecule is C=C1/C=c2/ncnc/c2=C/CC2=C(N=C=CC=N2)O1. The van der Waals surface area contributed by atoms with E-state index in [0.29, 0.717) is 23.8 Å². The number of aromatic nitrogens is 2. The van der Waals surface area contributed by atoms with Gasteiger partial charge in [0.25, 0.3) is 0 Å². The molecule has 5 heteroatoms. The molecule has 0 unspecified atom stereocenters. The summed E-state index contributed by atoms with van der Waals surface area (Å²) >= 11 is 0. The first-order chi connectivity index (χ1) is 9.33. The van der Waals surface area contributed by atoms with Gasteiger partial charge >= 0.3 is 0 Å². The van der Waals surface area contributed by atoms with Crippen molar-refractivity contribution in [1.82, 2.24) is 9.97 Å². The molecule has 1 aromatic heterocycles. The Hall–Kier alpha value is -2.78. The van der Waals surface area contributed by atoms with Gasteiger partial charge in [-0.3, -0.25) is 4.99 Å². The molecule has 3 heterocycles. The molecule has 19 heavy (non-hydrogen) atoms. The Kier molecular flexibility index (Phi) is 2.88. The van der Waals surface area contributed by atoms with E-state index in [-0.39, 0.29) is 0 Å². The molecule has 0 spiro atoms. The molecule has 92 valence electrons. The van der Waals surface area contributed by atoms with Gasteiger partial charge in [0.15, 0.2) is 0 Å². The predicted molar refractivity (Wildman–Crippen MR) is 72.6 cm³/mol. The highest BCUT2D eigenvalue weighted by Crippen LogP contribution is 2.18. The molecule has 2 aliphatic heterocycles. The molecule has 1 aromatic rings. The van der Waals surface area contributed by atoms with E-state index in [9.17, 15) is 0 Å². The van der Waals surface area contributed by atoms with E-state index in [0.717, 1.165) is 10.6 Å².